The first-order valence-corrected chi connectivity index (χ1v) is 9.25. The molecule has 0 unspecified atom stereocenters. The van der Waals surface area contributed by atoms with Crippen molar-refractivity contribution in [3.05, 3.63) is 58.6 Å². The first-order valence-electron chi connectivity index (χ1n) is 8.46. The summed E-state index contributed by atoms with van der Waals surface area (Å²) in [5, 5.41) is 3.25. The van der Waals surface area contributed by atoms with E-state index in [0.717, 1.165) is 21.4 Å². The van der Waals surface area contributed by atoms with Crippen molar-refractivity contribution >= 4 is 39.2 Å². The highest BCUT2D eigenvalue weighted by atomic mass is 79.9. The van der Waals surface area contributed by atoms with Gasteiger partial charge in [0.1, 0.15) is 12.1 Å². The fourth-order valence-corrected chi connectivity index (χ4v) is 3.21. The van der Waals surface area contributed by atoms with Gasteiger partial charge in [-0.05, 0) is 43.7 Å². The zero-order chi connectivity index (χ0) is 18.7. The summed E-state index contributed by atoms with van der Waals surface area (Å²) in [6.45, 7) is 4.17. The van der Waals surface area contributed by atoms with E-state index in [1.807, 2.05) is 62.4 Å². The summed E-state index contributed by atoms with van der Waals surface area (Å²) in [5.41, 5.74) is 1.90. The first kappa shape index (κ1) is 18.5. The van der Waals surface area contributed by atoms with Gasteiger partial charge in [0, 0.05) is 4.47 Å². The van der Waals surface area contributed by atoms with Crippen LogP contribution in [0.15, 0.2) is 53.0 Å². The minimum Gasteiger partial charge on any atom is -0.464 e. The van der Waals surface area contributed by atoms with E-state index < -0.39 is 5.54 Å². The van der Waals surface area contributed by atoms with Crippen molar-refractivity contribution in [1.82, 2.24) is 0 Å². The largest absolute Gasteiger partial charge is 0.464 e. The number of amides is 1. The molecule has 0 bridgehead atoms. The zero-order valence-corrected chi connectivity index (χ0v) is 16.4. The van der Waals surface area contributed by atoms with Crippen LogP contribution < -0.4 is 10.2 Å². The summed E-state index contributed by atoms with van der Waals surface area (Å²) in [5.74, 6) is -0.345. The van der Waals surface area contributed by atoms with Crippen LogP contribution in [0.5, 0.6) is 0 Å². The number of carbonyl (C=O) groups is 2. The summed E-state index contributed by atoms with van der Waals surface area (Å²) in [6.07, 6.45) is 0.213. The Hall–Kier alpha value is -2.34. The Bertz CT molecular complexity index is 818. The highest BCUT2D eigenvalue weighted by Gasteiger charge is 2.38. The van der Waals surface area contributed by atoms with Crippen LogP contribution in [-0.2, 0) is 20.7 Å². The lowest BCUT2D eigenvalue weighted by Crippen LogP contribution is -2.54. The van der Waals surface area contributed by atoms with Gasteiger partial charge in [0.15, 0.2) is 0 Å². The second kappa shape index (κ2) is 7.50. The highest BCUT2D eigenvalue weighted by Crippen LogP contribution is 2.34. The highest BCUT2D eigenvalue weighted by molar-refractivity contribution is 9.10. The zero-order valence-electron chi connectivity index (χ0n) is 14.8. The van der Waals surface area contributed by atoms with Gasteiger partial charge in [-0.25, -0.2) is 0 Å². The standard InChI is InChI=1S/C20H21BrN2O3/c1-20(2)19(25)23(17-6-4-3-5-16(17)22-20)11-12-26-18(24)13-14-7-9-15(21)10-8-14/h3-10,22H,11-13H2,1-2H3. The number of benzene rings is 2. The molecule has 1 aliphatic rings. The quantitative estimate of drug-likeness (QED) is 0.753. The topological polar surface area (TPSA) is 58.6 Å². The number of hydrogen-bond acceptors (Lipinski definition) is 4. The molecule has 1 heterocycles. The van der Waals surface area contributed by atoms with Gasteiger partial charge in [-0.3, -0.25) is 9.59 Å². The molecular formula is C20H21BrN2O3. The number of hydrogen-bond donors (Lipinski definition) is 1. The molecule has 0 radical (unpaired) electrons. The third kappa shape index (κ3) is 4.07. The van der Waals surface area contributed by atoms with E-state index in [2.05, 4.69) is 21.2 Å². The number of para-hydroxylation sites is 2. The summed E-state index contributed by atoms with van der Waals surface area (Å²) >= 11 is 3.37. The van der Waals surface area contributed by atoms with Crippen LogP contribution in [0, 0.1) is 0 Å². The lowest BCUT2D eigenvalue weighted by molar-refractivity contribution is -0.142. The van der Waals surface area contributed by atoms with Crippen molar-refractivity contribution in [1.29, 1.82) is 0 Å². The molecule has 0 atom stereocenters. The predicted molar refractivity (Wildman–Crippen MR) is 105 cm³/mol. The van der Waals surface area contributed by atoms with E-state index in [0.29, 0.717) is 6.54 Å². The minimum absolute atomic E-state index is 0.0415. The normalized spacial score (nSPS) is 15.2. The Morgan fingerprint density at radius 3 is 2.58 bits per heavy atom. The Kier molecular flexibility index (Phi) is 5.32. The van der Waals surface area contributed by atoms with Crippen LogP contribution in [0.1, 0.15) is 19.4 Å². The van der Waals surface area contributed by atoms with E-state index in [9.17, 15) is 9.59 Å². The van der Waals surface area contributed by atoms with Crippen LogP contribution in [0.25, 0.3) is 0 Å². The average Bonchev–Trinajstić information content (AvgIpc) is 2.60. The molecule has 136 valence electrons. The molecule has 0 spiro atoms. The van der Waals surface area contributed by atoms with E-state index >= 15 is 0 Å². The summed E-state index contributed by atoms with van der Waals surface area (Å²) in [7, 11) is 0. The van der Waals surface area contributed by atoms with Gasteiger partial charge in [0.25, 0.3) is 5.91 Å². The van der Waals surface area contributed by atoms with Crippen molar-refractivity contribution in [2.45, 2.75) is 25.8 Å². The summed E-state index contributed by atoms with van der Waals surface area (Å²) < 4.78 is 6.31. The Morgan fingerprint density at radius 2 is 1.85 bits per heavy atom. The second-order valence-electron chi connectivity index (χ2n) is 6.75. The lowest BCUT2D eigenvalue weighted by atomic mass is 9.98. The van der Waals surface area contributed by atoms with Crippen molar-refractivity contribution in [3.63, 3.8) is 0 Å². The van der Waals surface area contributed by atoms with Crippen LogP contribution in [0.2, 0.25) is 0 Å². The number of nitrogens with one attached hydrogen (secondary N) is 1. The van der Waals surface area contributed by atoms with Gasteiger partial charge in [0.05, 0.1) is 24.3 Å². The maximum atomic E-state index is 12.7. The molecule has 0 saturated carbocycles. The van der Waals surface area contributed by atoms with Crippen LogP contribution in [-0.4, -0.2) is 30.6 Å². The van der Waals surface area contributed by atoms with Crippen LogP contribution >= 0.6 is 15.9 Å². The number of anilines is 2. The van der Waals surface area contributed by atoms with E-state index in [1.54, 1.807) is 4.90 Å². The molecule has 0 saturated heterocycles. The number of esters is 1. The molecule has 0 aromatic heterocycles. The van der Waals surface area contributed by atoms with E-state index in [-0.39, 0.29) is 24.9 Å². The van der Waals surface area contributed by atoms with Crippen molar-refractivity contribution in [2.75, 3.05) is 23.4 Å². The van der Waals surface area contributed by atoms with Crippen molar-refractivity contribution < 1.29 is 14.3 Å². The molecule has 1 amide bonds. The molecule has 26 heavy (non-hydrogen) atoms. The van der Waals surface area contributed by atoms with Crippen molar-refractivity contribution in [3.8, 4) is 0 Å². The second-order valence-corrected chi connectivity index (χ2v) is 7.66. The summed E-state index contributed by atoms with van der Waals surface area (Å²) in [6, 6.07) is 15.2. The lowest BCUT2D eigenvalue weighted by Gasteiger charge is -2.39. The molecule has 2 aromatic rings. The molecule has 2 aromatic carbocycles. The number of fused-ring (bicyclic) bond motifs is 1. The van der Waals surface area contributed by atoms with Gasteiger partial charge in [-0.15, -0.1) is 0 Å². The van der Waals surface area contributed by atoms with E-state index in [4.69, 9.17) is 4.74 Å². The first-order chi connectivity index (χ1) is 12.4. The smallest absolute Gasteiger partial charge is 0.310 e. The van der Waals surface area contributed by atoms with Gasteiger partial charge >= 0.3 is 5.97 Å². The van der Waals surface area contributed by atoms with Crippen molar-refractivity contribution in [2.24, 2.45) is 0 Å². The van der Waals surface area contributed by atoms with Crippen LogP contribution in [0.4, 0.5) is 11.4 Å². The molecule has 6 heteroatoms. The molecule has 1 N–H and O–H groups in total. The monoisotopic (exact) mass is 416 g/mol. The Morgan fingerprint density at radius 1 is 1.15 bits per heavy atom. The third-order valence-corrected chi connectivity index (χ3v) is 4.79. The number of nitrogens with zero attached hydrogens (tertiary/aromatic N) is 1. The molecule has 5 nitrogen and oxygen atoms in total. The maximum Gasteiger partial charge on any atom is 0.310 e. The maximum absolute atomic E-state index is 12.7. The van der Waals surface area contributed by atoms with Crippen LogP contribution in [0.3, 0.4) is 0 Å². The number of halogens is 1. The van der Waals surface area contributed by atoms with Gasteiger partial charge in [-0.1, -0.05) is 40.2 Å². The van der Waals surface area contributed by atoms with Gasteiger partial charge in [-0.2, -0.15) is 0 Å². The summed E-state index contributed by atoms with van der Waals surface area (Å²) in [4.78, 5) is 26.5. The van der Waals surface area contributed by atoms with Gasteiger partial charge < -0.3 is 15.0 Å². The Balaban J connectivity index is 1.61. The molecule has 1 aliphatic heterocycles. The fourth-order valence-electron chi connectivity index (χ4n) is 2.94. The molecular weight excluding hydrogens is 396 g/mol. The molecule has 3 rings (SSSR count). The predicted octanol–water partition coefficient (Wildman–Crippen LogP) is 3.77. The van der Waals surface area contributed by atoms with Gasteiger partial charge in [0.2, 0.25) is 0 Å². The number of ether oxygens (including phenoxy) is 1. The number of carbonyl (C=O) groups excluding carboxylic acids is 2. The Labute approximate surface area is 161 Å². The minimum atomic E-state index is -0.699. The number of rotatable bonds is 5. The third-order valence-electron chi connectivity index (χ3n) is 4.26. The molecule has 0 aliphatic carbocycles. The SMILES string of the molecule is CC1(C)Nc2ccccc2N(CCOC(=O)Cc2ccc(Br)cc2)C1=O. The average molecular weight is 417 g/mol. The fraction of sp³-hybridized carbons (Fsp3) is 0.300. The molecule has 0 fully saturated rings. The van der Waals surface area contributed by atoms with E-state index in [1.165, 1.54) is 0 Å².